The van der Waals surface area contributed by atoms with Gasteiger partial charge >= 0.3 is 0 Å². The standard InChI is InChI=1S/C14H21N3S/c1-10(2)17-9-15-7-13(17)8-16-12(4)14-6-5-11(3)18-14/h5-7,9-10,12,16H,8H2,1-4H3. The number of imidazole rings is 1. The van der Waals surface area contributed by atoms with Gasteiger partial charge < -0.3 is 9.88 Å². The third kappa shape index (κ3) is 3.00. The molecule has 0 aliphatic heterocycles. The molecule has 18 heavy (non-hydrogen) atoms. The first-order valence-electron chi connectivity index (χ1n) is 6.38. The topological polar surface area (TPSA) is 29.9 Å². The predicted octanol–water partition coefficient (Wildman–Crippen LogP) is 3.68. The Bertz CT molecular complexity index is 499. The number of hydrogen-bond donors (Lipinski definition) is 1. The average molecular weight is 263 g/mol. The minimum Gasteiger partial charge on any atom is -0.331 e. The lowest BCUT2D eigenvalue weighted by Crippen LogP contribution is -2.19. The molecule has 0 spiro atoms. The Hall–Kier alpha value is -1.13. The second-order valence-electron chi connectivity index (χ2n) is 4.94. The molecular weight excluding hydrogens is 242 g/mol. The van der Waals surface area contributed by atoms with E-state index in [-0.39, 0.29) is 0 Å². The molecule has 1 N–H and O–H groups in total. The zero-order valence-corrected chi connectivity index (χ0v) is 12.3. The normalized spacial score (nSPS) is 13.2. The van der Waals surface area contributed by atoms with Gasteiger partial charge in [0.15, 0.2) is 0 Å². The molecule has 2 rings (SSSR count). The smallest absolute Gasteiger partial charge is 0.0951 e. The molecule has 0 bridgehead atoms. The second-order valence-corrected chi connectivity index (χ2v) is 6.26. The molecule has 0 aliphatic carbocycles. The lowest BCUT2D eigenvalue weighted by Gasteiger charge is -2.15. The van der Waals surface area contributed by atoms with Crippen molar-refractivity contribution in [3.8, 4) is 0 Å². The van der Waals surface area contributed by atoms with Crippen molar-refractivity contribution >= 4 is 11.3 Å². The second kappa shape index (κ2) is 5.67. The minimum absolute atomic E-state index is 0.388. The van der Waals surface area contributed by atoms with Gasteiger partial charge in [0.1, 0.15) is 0 Å². The van der Waals surface area contributed by atoms with E-state index in [1.165, 1.54) is 15.4 Å². The number of nitrogens with one attached hydrogen (secondary N) is 1. The number of aromatic nitrogens is 2. The van der Waals surface area contributed by atoms with Gasteiger partial charge in [-0.3, -0.25) is 0 Å². The Balaban J connectivity index is 1.97. The lowest BCUT2D eigenvalue weighted by atomic mass is 10.2. The van der Waals surface area contributed by atoms with Gasteiger partial charge in [-0.15, -0.1) is 11.3 Å². The van der Waals surface area contributed by atoms with Crippen molar-refractivity contribution in [1.82, 2.24) is 14.9 Å². The summed E-state index contributed by atoms with van der Waals surface area (Å²) < 4.78 is 2.21. The Morgan fingerprint density at radius 3 is 2.72 bits per heavy atom. The largest absolute Gasteiger partial charge is 0.331 e. The van der Waals surface area contributed by atoms with Crippen LogP contribution in [0.1, 0.15) is 48.3 Å². The van der Waals surface area contributed by atoms with E-state index in [0.29, 0.717) is 12.1 Å². The third-order valence-electron chi connectivity index (χ3n) is 3.08. The van der Waals surface area contributed by atoms with Crippen molar-refractivity contribution in [3.63, 3.8) is 0 Å². The number of nitrogens with zero attached hydrogens (tertiary/aromatic N) is 2. The van der Waals surface area contributed by atoms with Crippen LogP contribution in [0.25, 0.3) is 0 Å². The van der Waals surface area contributed by atoms with Crippen LogP contribution in [-0.2, 0) is 6.54 Å². The van der Waals surface area contributed by atoms with Gasteiger partial charge in [-0.1, -0.05) is 0 Å². The van der Waals surface area contributed by atoms with Crippen LogP contribution < -0.4 is 5.32 Å². The Morgan fingerprint density at radius 2 is 2.11 bits per heavy atom. The number of thiophene rings is 1. The van der Waals surface area contributed by atoms with E-state index >= 15 is 0 Å². The third-order valence-corrected chi connectivity index (χ3v) is 4.26. The fourth-order valence-electron chi connectivity index (χ4n) is 1.98. The van der Waals surface area contributed by atoms with Gasteiger partial charge in [0.05, 0.1) is 12.0 Å². The predicted molar refractivity (Wildman–Crippen MR) is 76.9 cm³/mol. The molecule has 0 fully saturated rings. The molecule has 1 atom stereocenters. The van der Waals surface area contributed by atoms with E-state index in [1.807, 2.05) is 23.9 Å². The van der Waals surface area contributed by atoms with Crippen molar-refractivity contribution in [2.45, 2.75) is 46.3 Å². The van der Waals surface area contributed by atoms with Crippen LogP contribution >= 0.6 is 11.3 Å². The van der Waals surface area contributed by atoms with Crippen LogP contribution in [-0.4, -0.2) is 9.55 Å². The molecule has 98 valence electrons. The maximum absolute atomic E-state index is 4.22. The summed E-state index contributed by atoms with van der Waals surface area (Å²) in [6, 6.07) is 5.23. The Morgan fingerprint density at radius 1 is 1.33 bits per heavy atom. The van der Waals surface area contributed by atoms with E-state index in [9.17, 15) is 0 Å². The van der Waals surface area contributed by atoms with Gasteiger partial charge in [-0.25, -0.2) is 4.98 Å². The SMILES string of the molecule is Cc1ccc(C(C)NCc2cncn2C(C)C)s1. The molecule has 2 heterocycles. The van der Waals surface area contributed by atoms with E-state index in [4.69, 9.17) is 0 Å². The zero-order chi connectivity index (χ0) is 13.1. The first-order valence-corrected chi connectivity index (χ1v) is 7.20. The first kappa shape index (κ1) is 13.3. The molecule has 0 saturated heterocycles. The van der Waals surface area contributed by atoms with Crippen LogP contribution in [0.5, 0.6) is 0 Å². The summed E-state index contributed by atoms with van der Waals surface area (Å²) in [5, 5.41) is 3.56. The molecule has 4 heteroatoms. The molecule has 2 aromatic heterocycles. The van der Waals surface area contributed by atoms with Crippen molar-refractivity contribution in [2.24, 2.45) is 0 Å². The summed E-state index contributed by atoms with van der Waals surface area (Å²) in [6.45, 7) is 9.57. The Labute approximate surface area is 113 Å². The molecule has 0 amide bonds. The number of aryl methyl sites for hydroxylation is 1. The fraction of sp³-hybridized carbons (Fsp3) is 0.500. The van der Waals surface area contributed by atoms with Gasteiger partial charge in [0.2, 0.25) is 0 Å². The average Bonchev–Trinajstić information content (AvgIpc) is 2.94. The molecule has 0 aromatic carbocycles. The highest BCUT2D eigenvalue weighted by atomic mass is 32.1. The van der Waals surface area contributed by atoms with Crippen molar-refractivity contribution in [2.75, 3.05) is 0 Å². The van der Waals surface area contributed by atoms with E-state index in [0.717, 1.165) is 6.54 Å². The van der Waals surface area contributed by atoms with Gasteiger partial charge in [-0.05, 0) is 39.8 Å². The minimum atomic E-state index is 0.388. The molecule has 2 aromatic rings. The number of rotatable bonds is 5. The zero-order valence-electron chi connectivity index (χ0n) is 11.5. The van der Waals surface area contributed by atoms with Crippen molar-refractivity contribution in [1.29, 1.82) is 0 Å². The summed E-state index contributed by atoms with van der Waals surface area (Å²) in [7, 11) is 0. The maximum Gasteiger partial charge on any atom is 0.0951 e. The van der Waals surface area contributed by atoms with Crippen molar-refractivity contribution in [3.05, 3.63) is 40.1 Å². The molecule has 3 nitrogen and oxygen atoms in total. The fourth-order valence-corrected chi connectivity index (χ4v) is 2.88. The Kier molecular flexibility index (Phi) is 4.19. The van der Waals surface area contributed by atoms with Crippen molar-refractivity contribution < 1.29 is 0 Å². The highest BCUT2D eigenvalue weighted by Crippen LogP contribution is 2.22. The molecule has 0 aliphatic rings. The van der Waals surface area contributed by atoms with E-state index in [2.05, 4.69) is 54.7 Å². The summed E-state index contributed by atoms with van der Waals surface area (Å²) in [5.41, 5.74) is 1.24. The lowest BCUT2D eigenvalue weighted by molar-refractivity contribution is 0.522. The van der Waals surface area contributed by atoms with E-state index < -0.39 is 0 Å². The first-order chi connectivity index (χ1) is 8.58. The van der Waals surface area contributed by atoms with Crippen LogP contribution in [0.4, 0.5) is 0 Å². The molecular formula is C14H21N3S. The van der Waals surface area contributed by atoms with Gasteiger partial charge in [-0.2, -0.15) is 0 Å². The maximum atomic E-state index is 4.22. The van der Waals surface area contributed by atoms with Gasteiger partial charge in [0, 0.05) is 34.6 Å². The number of hydrogen-bond acceptors (Lipinski definition) is 3. The van der Waals surface area contributed by atoms with Crippen LogP contribution in [0.3, 0.4) is 0 Å². The summed E-state index contributed by atoms with van der Waals surface area (Å²) in [6.07, 6.45) is 3.85. The van der Waals surface area contributed by atoms with Crippen LogP contribution in [0.2, 0.25) is 0 Å². The van der Waals surface area contributed by atoms with Crippen LogP contribution in [0.15, 0.2) is 24.7 Å². The highest BCUT2D eigenvalue weighted by molar-refractivity contribution is 7.12. The summed E-state index contributed by atoms with van der Waals surface area (Å²) in [5.74, 6) is 0. The quantitative estimate of drug-likeness (QED) is 0.891. The highest BCUT2D eigenvalue weighted by Gasteiger charge is 2.09. The molecule has 0 radical (unpaired) electrons. The van der Waals surface area contributed by atoms with Crippen LogP contribution in [0, 0.1) is 6.92 Å². The summed E-state index contributed by atoms with van der Waals surface area (Å²) >= 11 is 1.86. The monoisotopic (exact) mass is 263 g/mol. The van der Waals surface area contributed by atoms with Gasteiger partial charge in [0.25, 0.3) is 0 Å². The molecule has 1 unspecified atom stereocenters. The molecule has 0 saturated carbocycles. The van der Waals surface area contributed by atoms with E-state index in [1.54, 1.807) is 0 Å². The summed E-state index contributed by atoms with van der Waals surface area (Å²) in [4.78, 5) is 6.98.